The topological polar surface area (TPSA) is 29.5 Å². The van der Waals surface area contributed by atoms with E-state index in [0.29, 0.717) is 31.4 Å². The average molecular weight is 256 g/mol. The van der Waals surface area contributed by atoms with Crippen LogP contribution in [0.15, 0.2) is 18.2 Å². The normalized spacial score (nSPS) is 27.2. The van der Waals surface area contributed by atoms with Gasteiger partial charge in [0.15, 0.2) is 11.6 Å². The van der Waals surface area contributed by atoms with Crippen molar-refractivity contribution in [1.29, 1.82) is 0 Å². The van der Waals surface area contributed by atoms with Crippen LogP contribution in [0.5, 0.6) is 0 Å². The Balaban J connectivity index is 2.14. The zero-order valence-corrected chi connectivity index (χ0v) is 10.7. The second kappa shape index (κ2) is 4.59. The molecule has 1 atom stereocenters. The molecule has 1 heterocycles. The van der Waals surface area contributed by atoms with Crippen molar-refractivity contribution in [2.75, 3.05) is 6.61 Å². The fourth-order valence-corrected chi connectivity index (χ4v) is 2.63. The third-order valence-electron chi connectivity index (χ3n) is 3.33. The number of benzene rings is 1. The number of hydrogen-bond donors (Lipinski definition) is 1. The largest absolute Gasteiger partial charge is 0.389 e. The first-order valence-electron chi connectivity index (χ1n) is 6.10. The van der Waals surface area contributed by atoms with Crippen LogP contribution in [0.2, 0.25) is 0 Å². The number of ether oxygens (including phenoxy) is 1. The summed E-state index contributed by atoms with van der Waals surface area (Å²) in [6.07, 6.45) is 1.31. The Hall–Kier alpha value is -1.00. The van der Waals surface area contributed by atoms with Crippen molar-refractivity contribution >= 4 is 0 Å². The summed E-state index contributed by atoms with van der Waals surface area (Å²) in [5.74, 6) is -1.74. The van der Waals surface area contributed by atoms with E-state index >= 15 is 0 Å². The van der Waals surface area contributed by atoms with Crippen LogP contribution < -0.4 is 0 Å². The molecule has 0 bridgehead atoms. The zero-order valence-electron chi connectivity index (χ0n) is 10.7. The molecule has 2 rings (SSSR count). The van der Waals surface area contributed by atoms with Crippen molar-refractivity contribution in [2.24, 2.45) is 0 Å². The first-order valence-corrected chi connectivity index (χ1v) is 6.10. The quantitative estimate of drug-likeness (QED) is 0.881. The number of halogens is 2. The molecule has 0 spiro atoms. The third-order valence-corrected chi connectivity index (χ3v) is 3.33. The van der Waals surface area contributed by atoms with Gasteiger partial charge in [-0.25, -0.2) is 8.78 Å². The lowest BCUT2D eigenvalue weighted by molar-refractivity contribution is -0.143. The van der Waals surface area contributed by atoms with Gasteiger partial charge in [-0.3, -0.25) is 0 Å². The highest BCUT2D eigenvalue weighted by Gasteiger charge is 2.39. The lowest BCUT2D eigenvalue weighted by Gasteiger charge is -2.41. The average Bonchev–Trinajstić information content (AvgIpc) is 2.21. The predicted octanol–water partition coefficient (Wildman–Crippen LogP) is 2.83. The maximum absolute atomic E-state index is 13.1. The first kappa shape index (κ1) is 13.4. The van der Waals surface area contributed by atoms with Gasteiger partial charge in [0.25, 0.3) is 0 Å². The molecule has 18 heavy (non-hydrogen) atoms. The molecule has 0 aliphatic carbocycles. The molecule has 1 aliphatic rings. The summed E-state index contributed by atoms with van der Waals surface area (Å²) in [5.41, 5.74) is -0.688. The van der Waals surface area contributed by atoms with Crippen LogP contribution in [0.1, 0.15) is 32.3 Å². The van der Waals surface area contributed by atoms with Gasteiger partial charge in [0, 0.05) is 12.8 Å². The van der Waals surface area contributed by atoms with Crippen molar-refractivity contribution in [3.8, 4) is 0 Å². The minimum atomic E-state index is -0.911. The zero-order chi connectivity index (χ0) is 13.4. The van der Waals surface area contributed by atoms with Crippen molar-refractivity contribution in [3.63, 3.8) is 0 Å². The monoisotopic (exact) mass is 256 g/mol. The van der Waals surface area contributed by atoms with Crippen molar-refractivity contribution < 1.29 is 18.6 Å². The van der Waals surface area contributed by atoms with E-state index in [1.165, 1.54) is 6.07 Å². The van der Waals surface area contributed by atoms with Crippen molar-refractivity contribution in [2.45, 2.75) is 44.3 Å². The summed E-state index contributed by atoms with van der Waals surface area (Å²) in [5, 5.41) is 10.5. The van der Waals surface area contributed by atoms with Gasteiger partial charge in [0.1, 0.15) is 0 Å². The highest BCUT2D eigenvalue weighted by atomic mass is 19.2. The molecule has 0 radical (unpaired) electrons. The summed E-state index contributed by atoms with van der Waals surface area (Å²) in [4.78, 5) is 0. The van der Waals surface area contributed by atoms with Gasteiger partial charge in [-0.2, -0.15) is 0 Å². The molecule has 1 saturated heterocycles. The Kier molecular flexibility index (Phi) is 3.43. The van der Waals surface area contributed by atoms with E-state index in [9.17, 15) is 13.9 Å². The molecule has 1 aliphatic heterocycles. The second-order valence-electron chi connectivity index (χ2n) is 5.68. The maximum Gasteiger partial charge on any atom is 0.159 e. The fourth-order valence-electron chi connectivity index (χ4n) is 2.63. The van der Waals surface area contributed by atoms with Crippen LogP contribution in [0.25, 0.3) is 0 Å². The minimum absolute atomic E-state index is 0.316. The Bertz CT molecular complexity index is 445. The maximum atomic E-state index is 13.1. The molecule has 1 fully saturated rings. The van der Waals surface area contributed by atoms with Crippen LogP contribution in [0, 0.1) is 11.6 Å². The van der Waals surface area contributed by atoms with Gasteiger partial charge in [-0.1, -0.05) is 6.07 Å². The Morgan fingerprint density at radius 2 is 2.00 bits per heavy atom. The molecule has 0 aromatic heterocycles. The van der Waals surface area contributed by atoms with Gasteiger partial charge in [-0.15, -0.1) is 0 Å². The molecule has 0 saturated carbocycles. The Morgan fingerprint density at radius 1 is 1.28 bits per heavy atom. The lowest BCUT2D eigenvalue weighted by Crippen LogP contribution is -2.47. The van der Waals surface area contributed by atoms with Gasteiger partial charge in [-0.05, 0) is 38.0 Å². The van der Waals surface area contributed by atoms with Crippen LogP contribution in [-0.2, 0) is 11.2 Å². The summed E-state index contributed by atoms with van der Waals surface area (Å²) >= 11 is 0. The van der Waals surface area contributed by atoms with E-state index in [0.717, 1.165) is 12.1 Å². The van der Waals surface area contributed by atoms with Gasteiger partial charge < -0.3 is 9.84 Å². The second-order valence-corrected chi connectivity index (χ2v) is 5.68. The molecule has 100 valence electrons. The van der Waals surface area contributed by atoms with Gasteiger partial charge in [0.2, 0.25) is 0 Å². The molecular weight excluding hydrogens is 238 g/mol. The molecule has 1 unspecified atom stereocenters. The van der Waals surface area contributed by atoms with E-state index in [1.54, 1.807) is 0 Å². The van der Waals surface area contributed by atoms with Gasteiger partial charge >= 0.3 is 0 Å². The SMILES string of the molecule is CC1(C)CC(O)(Cc2ccc(F)c(F)c2)CCO1. The van der Waals surface area contributed by atoms with Crippen LogP contribution in [0.3, 0.4) is 0 Å². The van der Waals surface area contributed by atoms with E-state index in [1.807, 2.05) is 13.8 Å². The summed E-state index contributed by atoms with van der Waals surface area (Å²) in [6, 6.07) is 3.76. The molecule has 2 nitrogen and oxygen atoms in total. The number of hydrogen-bond acceptors (Lipinski definition) is 2. The van der Waals surface area contributed by atoms with Gasteiger partial charge in [0.05, 0.1) is 17.8 Å². The Labute approximate surface area is 106 Å². The van der Waals surface area contributed by atoms with E-state index in [4.69, 9.17) is 4.74 Å². The highest BCUT2D eigenvalue weighted by Crippen LogP contribution is 2.34. The molecule has 1 aromatic carbocycles. The summed E-state index contributed by atoms with van der Waals surface area (Å²) < 4.78 is 31.5. The van der Waals surface area contributed by atoms with E-state index in [2.05, 4.69) is 0 Å². The minimum Gasteiger partial charge on any atom is -0.389 e. The molecule has 1 aromatic rings. The lowest BCUT2D eigenvalue weighted by atomic mass is 9.80. The third kappa shape index (κ3) is 3.06. The highest BCUT2D eigenvalue weighted by molar-refractivity contribution is 5.20. The Morgan fingerprint density at radius 3 is 2.61 bits per heavy atom. The van der Waals surface area contributed by atoms with Crippen LogP contribution >= 0.6 is 0 Å². The molecule has 1 N–H and O–H groups in total. The standard InChI is InChI=1S/C14H18F2O2/c1-13(2)9-14(17,5-6-18-13)8-10-3-4-11(15)12(16)7-10/h3-4,7,17H,5-6,8-9H2,1-2H3. The van der Waals surface area contributed by atoms with Crippen molar-refractivity contribution in [3.05, 3.63) is 35.4 Å². The number of aliphatic hydroxyl groups is 1. The van der Waals surface area contributed by atoms with E-state index < -0.39 is 17.2 Å². The predicted molar refractivity (Wildman–Crippen MR) is 64.3 cm³/mol. The van der Waals surface area contributed by atoms with Crippen LogP contribution in [0.4, 0.5) is 8.78 Å². The summed E-state index contributed by atoms with van der Waals surface area (Å²) in [7, 11) is 0. The van der Waals surface area contributed by atoms with E-state index in [-0.39, 0.29) is 5.60 Å². The molecular formula is C14H18F2O2. The first-order chi connectivity index (χ1) is 8.30. The molecule has 0 amide bonds. The fraction of sp³-hybridized carbons (Fsp3) is 0.571. The smallest absolute Gasteiger partial charge is 0.159 e. The van der Waals surface area contributed by atoms with Crippen LogP contribution in [-0.4, -0.2) is 22.9 Å². The molecule has 4 heteroatoms. The summed E-state index contributed by atoms with van der Waals surface area (Å²) in [6.45, 7) is 4.32. The number of rotatable bonds is 2. The van der Waals surface area contributed by atoms with Crippen molar-refractivity contribution in [1.82, 2.24) is 0 Å².